The van der Waals surface area contributed by atoms with E-state index < -0.39 is 11.2 Å². The largest absolute Gasteiger partial charge is 0.331 e. The Bertz CT molecular complexity index is 791. The van der Waals surface area contributed by atoms with Crippen LogP contribution in [0, 0.1) is 0 Å². The van der Waals surface area contributed by atoms with Crippen LogP contribution >= 0.6 is 0 Å². The lowest BCUT2D eigenvalue weighted by molar-refractivity contribution is 0.832. The third-order valence-corrected chi connectivity index (χ3v) is 2.51. The van der Waals surface area contributed by atoms with Gasteiger partial charge in [0.05, 0.1) is 0 Å². The molecule has 17 heavy (non-hydrogen) atoms. The first kappa shape index (κ1) is 9.58. The van der Waals surface area contributed by atoms with Gasteiger partial charge in [0.2, 0.25) is 0 Å². The molecule has 3 N–H and O–H groups in total. The zero-order valence-corrected chi connectivity index (χ0v) is 8.81. The Labute approximate surface area is 93.3 Å². The number of aryl methyl sites for hydroxylation is 1. The summed E-state index contributed by atoms with van der Waals surface area (Å²) in [7, 11) is 1.54. The van der Waals surface area contributed by atoms with Gasteiger partial charge in [-0.2, -0.15) is 5.10 Å². The molecule has 0 fully saturated rings. The lowest BCUT2D eigenvalue weighted by atomic mass is 10.4. The van der Waals surface area contributed by atoms with Gasteiger partial charge in [0, 0.05) is 13.2 Å². The van der Waals surface area contributed by atoms with Crippen LogP contribution < -0.4 is 11.2 Å². The Morgan fingerprint density at radius 3 is 2.82 bits per heavy atom. The molecule has 3 aromatic heterocycles. The van der Waals surface area contributed by atoms with Crippen molar-refractivity contribution in [3.05, 3.63) is 33.1 Å². The topological polar surface area (TPSA) is 112 Å². The molecule has 0 bridgehead atoms. The summed E-state index contributed by atoms with van der Waals surface area (Å²) in [5.74, 6) is 0.462. The van der Waals surface area contributed by atoms with Crippen LogP contribution in [0.25, 0.3) is 22.7 Å². The van der Waals surface area contributed by atoms with Crippen LogP contribution in [-0.2, 0) is 7.05 Å². The van der Waals surface area contributed by atoms with Crippen molar-refractivity contribution in [2.24, 2.45) is 7.05 Å². The SMILES string of the molecule is Cn1c(=O)[nH]c(=O)c2[nH]c(-c3ccn[nH]3)nc21. The molecule has 0 unspecified atom stereocenters. The summed E-state index contributed by atoms with van der Waals surface area (Å²) in [5, 5.41) is 6.52. The number of rotatable bonds is 1. The number of fused-ring (bicyclic) bond motifs is 1. The van der Waals surface area contributed by atoms with Gasteiger partial charge in [-0.15, -0.1) is 0 Å². The molecule has 0 saturated carbocycles. The second-order valence-electron chi connectivity index (χ2n) is 3.57. The second-order valence-corrected chi connectivity index (χ2v) is 3.57. The lowest BCUT2D eigenvalue weighted by Crippen LogP contribution is -2.28. The molecule has 8 nitrogen and oxygen atoms in total. The molecule has 0 atom stereocenters. The van der Waals surface area contributed by atoms with Crippen molar-refractivity contribution < 1.29 is 0 Å². The summed E-state index contributed by atoms with van der Waals surface area (Å²) in [6.07, 6.45) is 1.58. The Morgan fingerprint density at radius 1 is 1.29 bits per heavy atom. The lowest BCUT2D eigenvalue weighted by Gasteiger charge is -1.94. The molecule has 0 aliphatic rings. The highest BCUT2D eigenvalue weighted by atomic mass is 16.2. The molecule has 3 rings (SSSR count). The number of hydrogen-bond acceptors (Lipinski definition) is 4. The maximum atomic E-state index is 11.6. The van der Waals surface area contributed by atoms with Gasteiger partial charge in [0.15, 0.2) is 11.5 Å². The highest BCUT2D eigenvalue weighted by molar-refractivity contribution is 5.74. The maximum absolute atomic E-state index is 11.6. The Hall–Kier alpha value is -2.64. The van der Waals surface area contributed by atoms with E-state index in [1.165, 1.54) is 11.6 Å². The van der Waals surface area contributed by atoms with E-state index in [-0.39, 0.29) is 5.52 Å². The summed E-state index contributed by atoms with van der Waals surface area (Å²) >= 11 is 0. The number of nitrogens with one attached hydrogen (secondary N) is 3. The molecule has 0 aromatic carbocycles. The molecule has 3 aromatic rings. The Kier molecular flexibility index (Phi) is 1.79. The van der Waals surface area contributed by atoms with Gasteiger partial charge >= 0.3 is 5.69 Å². The minimum atomic E-state index is -0.495. The maximum Gasteiger partial charge on any atom is 0.329 e. The van der Waals surface area contributed by atoms with Crippen LogP contribution in [0.15, 0.2) is 21.9 Å². The molecule has 0 amide bonds. The highest BCUT2D eigenvalue weighted by Crippen LogP contribution is 2.14. The average Bonchev–Trinajstić information content (AvgIpc) is 2.94. The van der Waals surface area contributed by atoms with Crippen LogP contribution in [0.1, 0.15) is 0 Å². The highest BCUT2D eigenvalue weighted by Gasteiger charge is 2.12. The predicted octanol–water partition coefficient (Wildman–Crippen LogP) is -0.660. The van der Waals surface area contributed by atoms with Crippen LogP contribution in [0.5, 0.6) is 0 Å². The summed E-state index contributed by atoms with van der Waals surface area (Å²) in [6.45, 7) is 0. The molecule has 0 aliphatic heterocycles. The van der Waals surface area contributed by atoms with Crippen molar-refractivity contribution in [1.82, 2.24) is 29.7 Å². The smallest absolute Gasteiger partial charge is 0.329 e. The quantitative estimate of drug-likeness (QED) is 0.517. The minimum absolute atomic E-state index is 0.261. The number of imidazole rings is 1. The van der Waals surface area contributed by atoms with Crippen molar-refractivity contribution in [3.8, 4) is 11.5 Å². The standard InChI is InChI=1S/C9H8N6O2/c1-15-7-5(8(16)13-9(15)17)11-6(12-7)4-2-3-10-14-4/h2-3H,1H3,(H,10,14)(H,11,12)(H,13,16,17). The van der Waals surface area contributed by atoms with Crippen molar-refractivity contribution in [2.45, 2.75) is 0 Å². The normalized spacial score (nSPS) is 11.1. The fourth-order valence-electron chi connectivity index (χ4n) is 1.62. The van der Waals surface area contributed by atoms with E-state index in [4.69, 9.17) is 0 Å². The second kappa shape index (κ2) is 3.17. The molecule has 3 heterocycles. The number of H-pyrrole nitrogens is 3. The first-order chi connectivity index (χ1) is 8.16. The zero-order chi connectivity index (χ0) is 12.0. The van der Waals surface area contributed by atoms with Gasteiger partial charge in [0.25, 0.3) is 5.56 Å². The predicted molar refractivity (Wildman–Crippen MR) is 59.5 cm³/mol. The third kappa shape index (κ3) is 1.30. The van der Waals surface area contributed by atoms with Crippen LogP contribution in [0.4, 0.5) is 0 Å². The van der Waals surface area contributed by atoms with Crippen molar-refractivity contribution in [1.29, 1.82) is 0 Å². The number of aromatic amines is 3. The molecule has 0 radical (unpaired) electrons. The van der Waals surface area contributed by atoms with Crippen LogP contribution in [0.2, 0.25) is 0 Å². The number of aromatic nitrogens is 6. The van der Waals surface area contributed by atoms with Crippen LogP contribution in [0.3, 0.4) is 0 Å². The Morgan fingerprint density at radius 2 is 2.12 bits per heavy atom. The zero-order valence-electron chi connectivity index (χ0n) is 8.81. The monoisotopic (exact) mass is 232 g/mol. The van der Waals surface area contributed by atoms with Gasteiger partial charge in [-0.3, -0.25) is 19.4 Å². The third-order valence-electron chi connectivity index (χ3n) is 2.51. The Balaban J connectivity index is 2.41. The molecular formula is C9H8N6O2. The summed E-state index contributed by atoms with van der Waals surface area (Å²) in [4.78, 5) is 32.2. The molecule has 8 heteroatoms. The van der Waals surface area contributed by atoms with E-state index in [1.807, 2.05) is 0 Å². The van der Waals surface area contributed by atoms with Gasteiger partial charge in [-0.1, -0.05) is 0 Å². The first-order valence-electron chi connectivity index (χ1n) is 4.85. The number of hydrogen-bond donors (Lipinski definition) is 3. The van der Waals surface area contributed by atoms with Crippen molar-refractivity contribution >= 4 is 11.2 Å². The fraction of sp³-hybridized carbons (Fsp3) is 0.111. The molecule has 0 aliphatic carbocycles. The van der Waals surface area contributed by atoms with Gasteiger partial charge in [-0.25, -0.2) is 9.78 Å². The van der Waals surface area contributed by atoms with E-state index in [1.54, 1.807) is 12.3 Å². The van der Waals surface area contributed by atoms with Crippen molar-refractivity contribution in [2.75, 3.05) is 0 Å². The minimum Gasteiger partial charge on any atom is -0.331 e. The number of nitrogens with zero attached hydrogens (tertiary/aromatic N) is 3. The summed E-state index contributed by atoms with van der Waals surface area (Å²) in [6, 6.07) is 1.71. The first-order valence-corrected chi connectivity index (χ1v) is 4.85. The summed E-state index contributed by atoms with van der Waals surface area (Å²) in [5.41, 5.74) is 0.236. The van der Waals surface area contributed by atoms with Gasteiger partial charge < -0.3 is 4.98 Å². The van der Waals surface area contributed by atoms with E-state index in [0.717, 1.165) is 0 Å². The van der Waals surface area contributed by atoms with E-state index in [2.05, 4.69) is 25.1 Å². The fourth-order valence-corrected chi connectivity index (χ4v) is 1.62. The summed E-state index contributed by atoms with van der Waals surface area (Å²) < 4.78 is 1.27. The van der Waals surface area contributed by atoms with E-state index in [0.29, 0.717) is 17.2 Å². The molecule has 0 spiro atoms. The van der Waals surface area contributed by atoms with Gasteiger partial charge in [0.1, 0.15) is 11.2 Å². The van der Waals surface area contributed by atoms with E-state index >= 15 is 0 Å². The van der Waals surface area contributed by atoms with Crippen LogP contribution in [-0.4, -0.2) is 29.7 Å². The van der Waals surface area contributed by atoms with Gasteiger partial charge in [-0.05, 0) is 6.07 Å². The molecular weight excluding hydrogens is 224 g/mol. The molecule has 0 saturated heterocycles. The molecule has 86 valence electrons. The van der Waals surface area contributed by atoms with Crippen molar-refractivity contribution in [3.63, 3.8) is 0 Å². The average molecular weight is 232 g/mol. The van der Waals surface area contributed by atoms with E-state index in [9.17, 15) is 9.59 Å².